The number of H-pyrrole nitrogens is 1. The number of anilines is 1. The van der Waals surface area contributed by atoms with Gasteiger partial charge in [0.15, 0.2) is 0 Å². The Labute approximate surface area is 266 Å². The topological polar surface area (TPSA) is 123 Å². The van der Waals surface area contributed by atoms with Gasteiger partial charge in [0.2, 0.25) is 11.8 Å². The summed E-state index contributed by atoms with van der Waals surface area (Å²) in [7, 11) is 0. The number of imide groups is 1. The number of rotatable bonds is 6. The van der Waals surface area contributed by atoms with Crippen LogP contribution in [0.25, 0.3) is 0 Å². The van der Waals surface area contributed by atoms with E-state index in [-0.39, 0.29) is 52.0 Å². The van der Waals surface area contributed by atoms with E-state index in [2.05, 4.69) is 4.98 Å². The fourth-order valence-electron chi connectivity index (χ4n) is 8.26. The van der Waals surface area contributed by atoms with Crippen LogP contribution in [0, 0.1) is 53.6 Å². The van der Waals surface area contributed by atoms with E-state index >= 15 is 0 Å². The van der Waals surface area contributed by atoms with Crippen LogP contribution < -0.4 is 14.5 Å². The van der Waals surface area contributed by atoms with Crippen LogP contribution in [0.4, 0.5) is 11.4 Å². The third-order valence-corrected chi connectivity index (χ3v) is 12.8. The van der Waals surface area contributed by atoms with Crippen LogP contribution >= 0.6 is 23.1 Å². The molecule has 11 heteroatoms. The Morgan fingerprint density at radius 2 is 1.71 bits per heavy atom. The van der Waals surface area contributed by atoms with E-state index in [0.29, 0.717) is 17.0 Å². The summed E-state index contributed by atoms with van der Waals surface area (Å²) < 4.78 is 6.41. The number of nitrogens with one attached hydrogen (secondary N) is 1. The molecule has 0 unspecified atom stereocenters. The Hall–Kier alpha value is -4.22. The monoisotopic (exact) mass is 639 g/mol. The van der Waals surface area contributed by atoms with Gasteiger partial charge < -0.3 is 9.72 Å². The van der Waals surface area contributed by atoms with Crippen molar-refractivity contribution < 1.29 is 19.2 Å². The predicted octanol–water partition coefficient (Wildman–Crippen LogP) is 6.22. The first-order chi connectivity index (χ1) is 21.7. The second kappa shape index (κ2) is 10.4. The summed E-state index contributed by atoms with van der Waals surface area (Å²) in [6.45, 7) is 4.25. The van der Waals surface area contributed by atoms with Crippen LogP contribution in [-0.4, -0.2) is 27.0 Å². The summed E-state index contributed by atoms with van der Waals surface area (Å²) in [5, 5.41) is 12.7. The molecule has 2 bridgehead atoms. The van der Waals surface area contributed by atoms with Crippen LogP contribution in [0.5, 0.6) is 5.75 Å². The van der Waals surface area contributed by atoms with Crippen LogP contribution in [0.1, 0.15) is 39.5 Å². The van der Waals surface area contributed by atoms with Gasteiger partial charge in [-0.2, -0.15) is 0 Å². The predicted molar refractivity (Wildman–Crippen MR) is 171 cm³/mol. The van der Waals surface area contributed by atoms with Gasteiger partial charge in [0.25, 0.3) is 5.69 Å². The number of aromatic amines is 1. The maximum atomic E-state index is 14.1. The summed E-state index contributed by atoms with van der Waals surface area (Å²) in [5.74, 6) is -1.41. The maximum Gasteiger partial charge on any atom is 0.305 e. The number of aryl methyl sites for hydroxylation is 2. The van der Waals surface area contributed by atoms with Gasteiger partial charge in [-0.25, -0.2) is 0 Å². The van der Waals surface area contributed by atoms with Gasteiger partial charge in [-0.15, -0.1) is 11.8 Å². The fraction of sp³-hybridized carbons (Fsp3) is 0.324. The lowest BCUT2D eigenvalue weighted by Crippen LogP contribution is -2.42. The first-order valence-corrected chi connectivity index (χ1v) is 16.7. The number of carbonyl (C=O) groups is 2. The number of nitro groups is 1. The largest absolute Gasteiger partial charge is 0.489 e. The molecule has 4 aromatic rings. The third kappa shape index (κ3) is 4.31. The van der Waals surface area contributed by atoms with Crippen molar-refractivity contribution in [3.8, 4) is 5.75 Å². The molecule has 7 atom stereocenters. The zero-order chi connectivity index (χ0) is 31.1. The smallest absolute Gasteiger partial charge is 0.305 e. The van der Waals surface area contributed by atoms with Gasteiger partial charge in [-0.3, -0.25) is 29.4 Å². The van der Waals surface area contributed by atoms with Crippen LogP contribution in [-0.2, 0) is 16.2 Å². The van der Waals surface area contributed by atoms with E-state index < -0.39 is 22.7 Å². The van der Waals surface area contributed by atoms with Gasteiger partial charge in [-0.05, 0) is 67.3 Å². The summed E-state index contributed by atoms with van der Waals surface area (Å²) in [4.78, 5) is 57.3. The van der Waals surface area contributed by atoms with Crippen LogP contribution in [0.15, 0.2) is 76.6 Å². The lowest BCUT2D eigenvalue weighted by atomic mass is 9.68. The highest BCUT2D eigenvalue weighted by Gasteiger charge is 2.70. The molecule has 1 N–H and O–H groups in total. The number of fused-ring (bicyclic) bond motifs is 9. The van der Waals surface area contributed by atoms with Gasteiger partial charge in [0.1, 0.15) is 12.4 Å². The number of non-ortho nitro benzene ring substituents is 1. The average Bonchev–Trinajstić information content (AvgIpc) is 3.76. The Balaban J connectivity index is 1.23. The second-order valence-corrected chi connectivity index (χ2v) is 14.7. The number of thiazole rings is 1. The number of benzene rings is 3. The molecule has 3 fully saturated rings. The number of hydrogen-bond acceptors (Lipinski definition) is 8. The van der Waals surface area contributed by atoms with E-state index in [0.717, 1.165) is 44.4 Å². The molecular formula is C34H29N3O6S2. The number of carbonyl (C=O) groups excluding carboxylic acids is 2. The van der Waals surface area contributed by atoms with E-state index in [1.807, 2.05) is 62.4 Å². The first kappa shape index (κ1) is 28.3. The molecule has 228 valence electrons. The highest BCUT2D eigenvalue weighted by atomic mass is 32.2. The lowest BCUT2D eigenvalue weighted by Gasteiger charge is -2.43. The van der Waals surface area contributed by atoms with Gasteiger partial charge in [-0.1, -0.05) is 53.3 Å². The molecule has 2 aliphatic heterocycles. The minimum atomic E-state index is -0.472. The van der Waals surface area contributed by atoms with Crippen molar-refractivity contribution in [2.75, 3.05) is 4.90 Å². The number of ether oxygens (including phenoxy) is 1. The van der Waals surface area contributed by atoms with Crippen molar-refractivity contribution in [1.29, 1.82) is 0 Å². The van der Waals surface area contributed by atoms with E-state index in [4.69, 9.17) is 4.74 Å². The number of amides is 2. The van der Waals surface area contributed by atoms with Gasteiger partial charge in [0.05, 0.1) is 27.5 Å². The SMILES string of the molecule is Cc1ccc(N2C(=O)[C@H]3[C@H]4C[C@@H]([C@@H]3C2=O)[C@H]2[C@H](c3cc([N+](=O)[O-])ccc3OCc3ccccc3C)c3sc(=O)[nH]c3S[C@H]42)cc1. The van der Waals surface area contributed by atoms with Crippen molar-refractivity contribution in [3.05, 3.63) is 114 Å². The summed E-state index contributed by atoms with van der Waals surface area (Å²) in [5.41, 5.74) is 4.28. The Morgan fingerprint density at radius 3 is 2.44 bits per heavy atom. The minimum Gasteiger partial charge on any atom is -0.489 e. The molecule has 45 heavy (non-hydrogen) atoms. The molecule has 0 spiro atoms. The fourth-order valence-corrected chi connectivity index (χ4v) is 11.1. The Morgan fingerprint density at radius 1 is 0.978 bits per heavy atom. The third-order valence-electron chi connectivity index (χ3n) is 10.2. The molecule has 4 aliphatic rings. The van der Waals surface area contributed by atoms with E-state index in [1.54, 1.807) is 23.9 Å². The van der Waals surface area contributed by atoms with Crippen molar-refractivity contribution >= 4 is 46.3 Å². The molecule has 1 aromatic heterocycles. The Kier molecular flexibility index (Phi) is 6.54. The molecule has 8 rings (SSSR count). The van der Waals surface area contributed by atoms with Crippen LogP contribution in [0.3, 0.4) is 0 Å². The van der Waals surface area contributed by atoms with Crippen molar-refractivity contribution in [2.24, 2.45) is 29.6 Å². The lowest BCUT2D eigenvalue weighted by molar-refractivity contribution is -0.385. The van der Waals surface area contributed by atoms with Crippen LogP contribution in [0.2, 0.25) is 0 Å². The highest BCUT2D eigenvalue weighted by Crippen LogP contribution is 2.69. The molecule has 2 saturated carbocycles. The number of aromatic nitrogens is 1. The van der Waals surface area contributed by atoms with E-state index in [9.17, 15) is 24.5 Å². The number of nitrogens with zero attached hydrogens (tertiary/aromatic N) is 2. The molecule has 3 heterocycles. The molecule has 1 saturated heterocycles. The van der Waals surface area contributed by atoms with Gasteiger partial charge in [0, 0.05) is 33.7 Å². The summed E-state index contributed by atoms with van der Waals surface area (Å²) in [6, 6.07) is 20.0. The molecule has 2 amide bonds. The molecule has 0 radical (unpaired) electrons. The Bertz CT molecular complexity index is 1950. The first-order valence-electron chi connectivity index (χ1n) is 15.0. The second-order valence-electron chi connectivity index (χ2n) is 12.5. The normalized spacial score (nSPS) is 27.8. The zero-order valence-electron chi connectivity index (χ0n) is 24.5. The summed E-state index contributed by atoms with van der Waals surface area (Å²) >= 11 is 2.70. The molecular weight excluding hydrogens is 611 g/mol. The highest BCUT2D eigenvalue weighted by molar-refractivity contribution is 8.00. The zero-order valence-corrected chi connectivity index (χ0v) is 26.1. The molecule has 3 aromatic carbocycles. The standard InChI is InChI=1S/C34H29N3O6S2/c1-16-7-9-19(10-8-16)36-32(38)27-22-14-23(28(27)33(36)39)29-26(22)25(30-31(44-29)35-34(40)45-30)21-13-20(37(41)42)11-12-24(21)43-15-18-6-4-3-5-17(18)2/h3-13,22-23,25-29H,14-15H2,1-2H3,(H,35,40)/t22-,23-,25+,26+,27+,28+,29-/m1/s1. The number of nitro benzene ring substituents is 1. The van der Waals surface area contributed by atoms with Crippen molar-refractivity contribution in [2.45, 2.75) is 43.1 Å². The molecule has 2 aliphatic carbocycles. The van der Waals surface area contributed by atoms with Crippen molar-refractivity contribution in [3.63, 3.8) is 0 Å². The number of thioether (sulfide) groups is 1. The van der Waals surface area contributed by atoms with Gasteiger partial charge >= 0.3 is 4.87 Å². The average molecular weight is 640 g/mol. The molecule has 9 nitrogen and oxygen atoms in total. The van der Waals surface area contributed by atoms with E-state index in [1.165, 1.54) is 11.0 Å². The minimum absolute atomic E-state index is 0.0443. The number of hydrogen-bond donors (Lipinski definition) is 1. The maximum absolute atomic E-state index is 14.1. The van der Waals surface area contributed by atoms with Crippen molar-refractivity contribution in [1.82, 2.24) is 4.98 Å². The summed E-state index contributed by atoms with van der Waals surface area (Å²) in [6.07, 6.45) is 0.723. The quantitative estimate of drug-likeness (QED) is 0.151.